The van der Waals surface area contributed by atoms with E-state index in [2.05, 4.69) is 19.4 Å². The molecule has 0 bridgehead atoms. The molecular formula is C25H26N4O6S2. The summed E-state index contributed by atoms with van der Waals surface area (Å²) >= 11 is 0. The number of methoxy groups -OCH3 is 1. The molecule has 1 aromatic heterocycles. The molecular weight excluding hydrogens is 516 g/mol. The fourth-order valence-corrected chi connectivity index (χ4v) is 7.05. The van der Waals surface area contributed by atoms with Gasteiger partial charge in [0.15, 0.2) is 0 Å². The zero-order valence-corrected chi connectivity index (χ0v) is 21.4. The molecule has 0 spiro atoms. The van der Waals surface area contributed by atoms with Crippen LogP contribution in [0.3, 0.4) is 0 Å². The monoisotopic (exact) mass is 542 g/mol. The predicted octanol–water partition coefficient (Wildman–Crippen LogP) is 4.06. The van der Waals surface area contributed by atoms with Crippen LogP contribution in [-0.2, 0) is 21.2 Å². The van der Waals surface area contributed by atoms with Crippen LogP contribution in [0.5, 0.6) is 5.75 Å². The average molecular weight is 543 g/mol. The summed E-state index contributed by atoms with van der Waals surface area (Å²) in [6.45, 7) is 0. The van der Waals surface area contributed by atoms with E-state index in [-0.39, 0.29) is 17.7 Å². The van der Waals surface area contributed by atoms with Crippen molar-refractivity contribution >= 4 is 37.7 Å². The Balaban J connectivity index is 1.45. The Morgan fingerprint density at radius 2 is 1.86 bits per heavy atom. The number of imidazole rings is 1. The highest BCUT2D eigenvalue weighted by atomic mass is 32.3. The average Bonchev–Trinajstić information content (AvgIpc) is 3.43. The van der Waals surface area contributed by atoms with E-state index >= 15 is 0 Å². The van der Waals surface area contributed by atoms with Gasteiger partial charge >= 0.3 is 0 Å². The maximum absolute atomic E-state index is 13.3. The largest absolute Gasteiger partial charge is 0.497 e. The maximum Gasteiger partial charge on any atom is 0.241 e. The van der Waals surface area contributed by atoms with Crippen molar-refractivity contribution in [2.75, 3.05) is 7.11 Å². The van der Waals surface area contributed by atoms with Crippen LogP contribution >= 0.6 is 10.8 Å². The first-order chi connectivity index (χ1) is 17.6. The van der Waals surface area contributed by atoms with Crippen LogP contribution in [0.15, 0.2) is 77.7 Å². The minimum Gasteiger partial charge on any atom is -0.497 e. The lowest BCUT2D eigenvalue weighted by Crippen LogP contribution is -2.31. The van der Waals surface area contributed by atoms with Crippen molar-refractivity contribution in [2.24, 2.45) is 0 Å². The van der Waals surface area contributed by atoms with Gasteiger partial charge in [-0.2, -0.15) is 0 Å². The van der Waals surface area contributed by atoms with Gasteiger partial charge in [0.2, 0.25) is 15.9 Å². The zero-order chi connectivity index (χ0) is 26.2. The summed E-state index contributed by atoms with van der Waals surface area (Å²) < 4.78 is 57.2. The van der Waals surface area contributed by atoms with E-state index in [0.29, 0.717) is 22.7 Å². The molecule has 0 aliphatic carbocycles. The van der Waals surface area contributed by atoms with Crippen molar-refractivity contribution in [3.05, 3.63) is 89.7 Å². The highest BCUT2D eigenvalue weighted by Crippen LogP contribution is 2.56. The number of carbonyl (C=O) groups excluding carboxylic acids is 1. The Bertz CT molecular complexity index is 1520. The summed E-state index contributed by atoms with van der Waals surface area (Å²) in [6.07, 6.45) is 0.255. The van der Waals surface area contributed by atoms with Gasteiger partial charge < -0.3 is 9.72 Å². The van der Waals surface area contributed by atoms with E-state index in [1.807, 2.05) is 24.3 Å². The van der Waals surface area contributed by atoms with E-state index in [1.165, 1.54) is 19.2 Å². The van der Waals surface area contributed by atoms with Gasteiger partial charge in [-0.3, -0.25) is 18.6 Å². The topological polar surface area (TPSA) is 154 Å². The summed E-state index contributed by atoms with van der Waals surface area (Å²) in [5, 5.41) is -0.730. The number of amides is 1. The van der Waals surface area contributed by atoms with Crippen LogP contribution in [0.1, 0.15) is 34.7 Å². The van der Waals surface area contributed by atoms with Crippen molar-refractivity contribution in [3.8, 4) is 5.75 Å². The minimum atomic E-state index is -3.94. The zero-order valence-electron chi connectivity index (χ0n) is 19.8. The maximum atomic E-state index is 13.3. The van der Waals surface area contributed by atoms with Gasteiger partial charge in [0.05, 0.1) is 35.5 Å². The number of hydrogen-bond acceptors (Lipinski definition) is 7. The molecule has 4 aromatic rings. The third-order valence-corrected chi connectivity index (χ3v) is 9.44. The molecule has 194 valence electrons. The lowest BCUT2D eigenvalue weighted by molar-refractivity contribution is -0.118. The van der Waals surface area contributed by atoms with Crippen LogP contribution in [0, 0.1) is 0 Å². The van der Waals surface area contributed by atoms with Crippen molar-refractivity contribution in [3.63, 3.8) is 0 Å². The summed E-state index contributed by atoms with van der Waals surface area (Å²) in [6, 6.07) is 19.9. The number of benzene rings is 3. The molecule has 1 fully saturated rings. The van der Waals surface area contributed by atoms with E-state index in [4.69, 9.17) is 4.74 Å². The van der Waals surface area contributed by atoms with E-state index in [1.54, 1.807) is 36.4 Å². The standard InChI is InChI=1S/C25H26N4O6S2/c1-35-18-5-4-6-19(14-18)36(31,32)28-22(25-26-20-7-2-3-8-21(20)27-25)13-16-9-11-17(12-10-16)23-15-24(30)29-37(23,33)34/h2-12,14,22-23,28,33-34H,13,15H2,1H3,(H,26,27)(H,29,30)/t22-,23?/m0/s1. The molecule has 5 N–H and O–H groups in total. The molecule has 37 heavy (non-hydrogen) atoms. The number of carbonyl (C=O) groups is 1. The van der Waals surface area contributed by atoms with Gasteiger partial charge in [-0.15, -0.1) is 10.8 Å². The van der Waals surface area contributed by atoms with Crippen molar-refractivity contribution in [2.45, 2.75) is 29.0 Å². The van der Waals surface area contributed by atoms with Crippen LogP contribution in [0.4, 0.5) is 0 Å². The lowest BCUT2D eigenvalue weighted by Gasteiger charge is -2.32. The highest BCUT2D eigenvalue weighted by Gasteiger charge is 2.38. The number of sulfonamides is 1. The summed E-state index contributed by atoms with van der Waals surface area (Å²) in [7, 11) is -5.73. The lowest BCUT2D eigenvalue weighted by atomic mass is 10.0. The quantitative estimate of drug-likeness (QED) is 0.225. The normalized spacial score (nSPS) is 18.9. The molecule has 0 saturated carbocycles. The molecule has 1 aliphatic heterocycles. The number of H-pyrrole nitrogens is 1. The molecule has 0 radical (unpaired) electrons. The molecule has 1 saturated heterocycles. The number of aromatic amines is 1. The molecule has 1 amide bonds. The molecule has 2 atom stereocenters. The van der Waals surface area contributed by atoms with Crippen molar-refractivity contribution < 1.29 is 27.1 Å². The summed E-state index contributed by atoms with van der Waals surface area (Å²) in [4.78, 5) is 19.6. The Hall–Kier alpha value is -3.42. The van der Waals surface area contributed by atoms with Gasteiger partial charge in [0, 0.05) is 6.07 Å². The SMILES string of the molecule is COc1cccc(S(=O)(=O)N[C@@H](Cc2ccc(C3CC(=O)NS3(O)O)cc2)c2nc3ccccc3[nH]2)c1. The third kappa shape index (κ3) is 5.33. The Morgan fingerprint density at radius 1 is 1.11 bits per heavy atom. The van der Waals surface area contributed by atoms with Crippen LogP contribution in [0.2, 0.25) is 0 Å². The molecule has 5 rings (SSSR count). The second-order valence-electron chi connectivity index (χ2n) is 8.75. The summed E-state index contributed by atoms with van der Waals surface area (Å²) in [5.74, 6) is 0.465. The first-order valence-corrected chi connectivity index (χ1v) is 14.5. The van der Waals surface area contributed by atoms with E-state index in [9.17, 15) is 22.3 Å². The smallest absolute Gasteiger partial charge is 0.241 e. The van der Waals surface area contributed by atoms with E-state index in [0.717, 1.165) is 11.1 Å². The second-order valence-corrected chi connectivity index (χ2v) is 12.4. The van der Waals surface area contributed by atoms with Crippen LogP contribution in [-0.4, -0.2) is 40.5 Å². The number of nitrogens with one attached hydrogen (secondary N) is 3. The minimum absolute atomic E-state index is 0.0103. The highest BCUT2D eigenvalue weighted by molar-refractivity contribution is 8.23. The van der Waals surface area contributed by atoms with E-state index < -0.39 is 38.0 Å². The second kappa shape index (κ2) is 9.80. The third-order valence-electron chi connectivity index (χ3n) is 6.21. The number of ether oxygens (including phenoxy) is 1. The molecule has 3 aromatic carbocycles. The van der Waals surface area contributed by atoms with Gasteiger partial charge in [0.25, 0.3) is 0 Å². The van der Waals surface area contributed by atoms with Crippen LogP contribution < -0.4 is 14.2 Å². The molecule has 12 heteroatoms. The molecule has 1 unspecified atom stereocenters. The fourth-order valence-electron chi connectivity index (χ4n) is 4.33. The van der Waals surface area contributed by atoms with Crippen molar-refractivity contribution in [1.29, 1.82) is 0 Å². The van der Waals surface area contributed by atoms with Gasteiger partial charge in [-0.1, -0.05) is 42.5 Å². The Kier molecular flexibility index (Phi) is 6.68. The number of nitrogens with zero attached hydrogens (tertiary/aromatic N) is 1. The predicted molar refractivity (Wildman–Crippen MR) is 141 cm³/mol. The van der Waals surface area contributed by atoms with Crippen molar-refractivity contribution in [1.82, 2.24) is 19.4 Å². The number of para-hydroxylation sites is 2. The molecule has 1 aliphatic rings. The van der Waals surface area contributed by atoms with Crippen LogP contribution in [0.25, 0.3) is 11.0 Å². The molecule has 10 nitrogen and oxygen atoms in total. The number of rotatable bonds is 8. The first-order valence-electron chi connectivity index (χ1n) is 11.4. The molecule has 2 heterocycles. The van der Waals surface area contributed by atoms with Gasteiger partial charge in [-0.05, 0) is 41.8 Å². The summed E-state index contributed by atoms with van der Waals surface area (Å²) in [5.41, 5.74) is 2.89. The van der Waals surface area contributed by atoms with Gasteiger partial charge in [0.1, 0.15) is 16.8 Å². The Labute approximate surface area is 215 Å². The number of fused-ring (bicyclic) bond motifs is 1. The van der Waals surface area contributed by atoms with Gasteiger partial charge in [-0.25, -0.2) is 18.1 Å². The Morgan fingerprint density at radius 3 is 2.54 bits per heavy atom. The number of hydrogen-bond donors (Lipinski definition) is 5. The fraction of sp³-hybridized carbons (Fsp3) is 0.200. The first kappa shape index (κ1) is 25.2. The number of aromatic nitrogens is 2.